The van der Waals surface area contributed by atoms with Crippen LogP contribution < -0.4 is 29.3 Å². The number of rotatable bonds is 9. The summed E-state index contributed by atoms with van der Waals surface area (Å²) in [7, 11) is 3.08. The van der Waals surface area contributed by atoms with E-state index in [-0.39, 0.29) is 22.6 Å². The maximum atomic E-state index is 14.7. The molecule has 4 aromatic rings. The second kappa shape index (κ2) is 13.1. The van der Waals surface area contributed by atoms with Crippen LogP contribution in [0.4, 0.5) is 5.69 Å². The molecule has 6 rings (SSSR count). The topological polar surface area (TPSA) is 99.4 Å². The molecule has 9 nitrogen and oxygen atoms in total. The van der Waals surface area contributed by atoms with E-state index < -0.39 is 17.6 Å². The number of anilines is 1. The minimum atomic E-state index is -0.935. The van der Waals surface area contributed by atoms with Gasteiger partial charge in [-0.2, -0.15) is 0 Å². The van der Waals surface area contributed by atoms with Gasteiger partial charge in [0.1, 0.15) is 22.1 Å². The van der Waals surface area contributed by atoms with Crippen LogP contribution in [0.3, 0.4) is 0 Å². The molecule has 46 heavy (non-hydrogen) atoms. The fourth-order valence-corrected chi connectivity index (χ4v) is 7.44. The van der Waals surface area contributed by atoms with Crippen LogP contribution in [0.1, 0.15) is 49.4 Å². The van der Waals surface area contributed by atoms with Crippen LogP contribution in [0.25, 0.3) is 5.57 Å². The number of amides is 1. The number of thiazole rings is 1. The standard InChI is InChI=1S/C35H32BrN3O6S/c1-5-10-25-29(34(42)45-6-2)30(24-18-22(43-3)14-16-27(24)44-4)39-33(41)31(46-35(39)37-25)28-23-17-21(36)13-15-26(23)38(32(28)40)19-20-11-8-7-9-12-20/h7-9,11-18,30H,5-6,10,19H2,1-4H3/b31-28+/t30-/m1/s1. The number of aromatic nitrogens is 1. The lowest BCUT2D eigenvalue weighted by molar-refractivity contribution is -0.139. The zero-order valence-electron chi connectivity index (χ0n) is 25.8. The molecular formula is C35H32BrN3O6S. The summed E-state index contributed by atoms with van der Waals surface area (Å²) in [5.41, 5.74) is 3.50. The summed E-state index contributed by atoms with van der Waals surface area (Å²) in [6.07, 6.45) is 1.19. The molecular weight excluding hydrogens is 670 g/mol. The predicted octanol–water partition coefficient (Wildman–Crippen LogP) is 5.28. The number of benzene rings is 3. The Kier molecular flexibility index (Phi) is 8.97. The van der Waals surface area contributed by atoms with Crippen molar-refractivity contribution in [3.8, 4) is 11.5 Å². The summed E-state index contributed by atoms with van der Waals surface area (Å²) >= 11 is 4.70. The predicted molar refractivity (Wildman–Crippen MR) is 180 cm³/mol. The second-order valence-electron chi connectivity index (χ2n) is 10.8. The third-order valence-corrected chi connectivity index (χ3v) is 9.53. The van der Waals surface area contributed by atoms with E-state index >= 15 is 0 Å². The van der Waals surface area contributed by atoms with Crippen molar-refractivity contribution >= 4 is 50.4 Å². The number of ether oxygens (including phenoxy) is 3. The SMILES string of the molecule is CCCC1=C(C(=O)OCC)[C@@H](c2cc(OC)ccc2OC)n2c(s/c(=C3/C(=O)N(Cc4ccccc4)c4ccc(Br)cc43)c2=O)=N1. The van der Waals surface area contributed by atoms with Crippen molar-refractivity contribution < 1.29 is 23.8 Å². The van der Waals surface area contributed by atoms with E-state index in [1.54, 1.807) is 37.1 Å². The smallest absolute Gasteiger partial charge is 0.338 e. The Hall–Kier alpha value is -4.48. The second-order valence-corrected chi connectivity index (χ2v) is 12.6. The first-order chi connectivity index (χ1) is 22.3. The Labute approximate surface area is 278 Å². The Morgan fingerprint density at radius 2 is 1.78 bits per heavy atom. The lowest BCUT2D eigenvalue weighted by atomic mass is 9.93. The van der Waals surface area contributed by atoms with Crippen molar-refractivity contribution in [1.29, 1.82) is 0 Å². The summed E-state index contributed by atoms with van der Waals surface area (Å²) in [6, 6.07) is 19.7. The molecule has 3 heterocycles. The van der Waals surface area contributed by atoms with Crippen LogP contribution in [-0.4, -0.2) is 37.3 Å². The summed E-state index contributed by atoms with van der Waals surface area (Å²) in [5.74, 6) is 0.141. The monoisotopic (exact) mass is 701 g/mol. The number of hydrogen-bond acceptors (Lipinski definition) is 8. The van der Waals surface area contributed by atoms with Crippen LogP contribution in [0, 0.1) is 0 Å². The molecule has 236 valence electrons. The molecule has 0 saturated carbocycles. The highest BCUT2D eigenvalue weighted by atomic mass is 79.9. The molecule has 0 aliphatic carbocycles. The number of allylic oxidation sites excluding steroid dienone is 1. The number of esters is 1. The molecule has 0 unspecified atom stereocenters. The van der Waals surface area contributed by atoms with Gasteiger partial charge >= 0.3 is 5.97 Å². The normalized spacial score (nSPS) is 16.6. The zero-order chi connectivity index (χ0) is 32.5. The molecule has 1 aromatic heterocycles. The maximum Gasteiger partial charge on any atom is 0.338 e. The van der Waals surface area contributed by atoms with Gasteiger partial charge in [0.15, 0.2) is 4.80 Å². The Balaban J connectivity index is 1.66. The number of methoxy groups -OCH3 is 2. The van der Waals surface area contributed by atoms with E-state index in [0.29, 0.717) is 63.8 Å². The first kappa shape index (κ1) is 31.5. The van der Waals surface area contributed by atoms with Crippen LogP contribution in [-0.2, 0) is 20.9 Å². The van der Waals surface area contributed by atoms with Gasteiger partial charge < -0.3 is 19.1 Å². The Bertz CT molecular complexity index is 2070. The van der Waals surface area contributed by atoms with Gasteiger partial charge in [0.05, 0.1) is 49.9 Å². The molecule has 1 amide bonds. The summed E-state index contributed by atoms with van der Waals surface area (Å²) in [5, 5.41) is 0. The summed E-state index contributed by atoms with van der Waals surface area (Å²) in [4.78, 5) is 49.6. The minimum absolute atomic E-state index is 0.148. The van der Waals surface area contributed by atoms with E-state index in [4.69, 9.17) is 19.2 Å². The molecule has 1 atom stereocenters. The largest absolute Gasteiger partial charge is 0.497 e. The first-order valence-corrected chi connectivity index (χ1v) is 16.5. The third-order valence-electron chi connectivity index (χ3n) is 7.99. The number of hydrogen-bond donors (Lipinski definition) is 0. The maximum absolute atomic E-state index is 14.7. The Morgan fingerprint density at radius 1 is 1.00 bits per heavy atom. The highest BCUT2D eigenvalue weighted by molar-refractivity contribution is 9.10. The number of fused-ring (bicyclic) bond motifs is 2. The quantitative estimate of drug-likeness (QED) is 0.221. The molecule has 0 bridgehead atoms. The molecule has 0 saturated heterocycles. The Morgan fingerprint density at radius 3 is 2.48 bits per heavy atom. The molecule has 2 aliphatic rings. The summed E-state index contributed by atoms with van der Waals surface area (Å²) in [6.45, 7) is 4.22. The van der Waals surface area contributed by atoms with Gasteiger partial charge in [-0.15, -0.1) is 0 Å². The molecule has 11 heteroatoms. The van der Waals surface area contributed by atoms with Crippen LogP contribution in [0.15, 0.2) is 92.3 Å². The first-order valence-electron chi connectivity index (χ1n) is 14.9. The fourth-order valence-electron chi connectivity index (χ4n) is 5.96. The van der Waals surface area contributed by atoms with E-state index in [1.807, 2.05) is 55.5 Å². The van der Waals surface area contributed by atoms with Gasteiger partial charge in [-0.25, -0.2) is 9.79 Å². The number of carbonyl (C=O) groups excluding carboxylic acids is 2. The lowest BCUT2D eigenvalue weighted by Crippen LogP contribution is -2.41. The van der Waals surface area contributed by atoms with E-state index in [2.05, 4.69) is 15.9 Å². The van der Waals surface area contributed by atoms with Crippen LogP contribution in [0.2, 0.25) is 0 Å². The summed E-state index contributed by atoms with van der Waals surface area (Å²) < 4.78 is 19.3. The van der Waals surface area contributed by atoms with Gasteiger partial charge in [0.25, 0.3) is 11.5 Å². The highest BCUT2D eigenvalue weighted by Crippen LogP contribution is 2.40. The highest BCUT2D eigenvalue weighted by Gasteiger charge is 2.39. The van der Waals surface area contributed by atoms with Crippen molar-refractivity contribution in [3.63, 3.8) is 0 Å². The molecule has 2 aliphatic heterocycles. The number of carbonyl (C=O) groups is 2. The molecule has 0 fully saturated rings. The van der Waals surface area contributed by atoms with Gasteiger partial charge in [0, 0.05) is 15.6 Å². The molecule has 0 radical (unpaired) electrons. The molecule has 0 spiro atoms. The van der Waals surface area contributed by atoms with E-state index in [1.165, 1.54) is 11.7 Å². The average molecular weight is 703 g/mol. The van der Waals surface area contributed by atoms with Crippen LogP contribution in [0.5, 0.6) is 11.5 Å². The van der Waals surface area contributed by atoms with E-state index in [0.717, 1.165) is 21.4 Å². The zero-order valence-corrected chi connectivity index (χ0v) is 28.2. The number of nitrogens with zero attached hydrogens (tertiary/aromatic N) is 3. The minimum Gasteiger partial charge on any atom is -0.497 e. The van der Waals surface area contributed by atoms with Gasteiger partial charge in [-0.3, -0.25) is 14.2 Å². The van der Waals surface area contributed by atoms with Crippen LogP contribution >= 0.6 is 27.3 Å². The van der Waals surface area contributed by atoms with Crippen molar-refractivity contribution in [2.45, 2.75) is 39.3 Å². The van der Waals surface area contributed by atoms with E-state index in [9.17, 15) is 14.4 Å². The van der Waals surface area contributed by atoms with Gasteiger partial charge in [-0.1, -0.05) is 70.9 Å². The third kappa shape index (κ3) is 5.47. The van der Waals surface area contributed by atoms with Crippen molar-refractivity contribution in [2.24, 2.45) is 4.99 Å². The average Bonchev–Trinajstić information content (AvgIpc) is 3.52. The molecule has 3 aromatic carbocycles. The van der Waals surface area contributed by atoms with Gasteiger partial charge in [-0.05, 0) is 55.3 Å². The van der Waals surface area contributed by atoms with Gasteiger partial charge in [0.2, 0.25) is 0 Å². The van der Waals surface area contributed by atoms with Crippen molar-refractivity contribution in [3.05, 3.63) is 119 Å². The van der Waals surface area contributed by atoms with Crippen molar-refractivity contribution in [1.82, 2.24) is 4.57 Å². The number of halogens is 1. The fraction of sp³-hybridized carbons (Fsp3) is 0.257. The lowest BCUT2D eigenvalue weighted by Gasteiger charge is -2.27. The molecule has 0 N–H and O–H groups in total. The van der Waals surface area contributed by atoms with Crippen molar-refractivity contribution in [2.75, 3.05) is 25.7 Å².